The minimum Gasteiger partial charge on any atom is -0.323 e. The smallest absolute Gasteiger partial charge is 0.271 e. The molecule has 1 fully saturated rings. The molecule has 0 atom stereocenters. The van der Waals surface area contributed by atoms with Gasteiger partial charge in [0.2, 0.25) is 15.9 Å². The molecule has 1 aromatic heterocycles. The van der Waals surface area contributed by atoms with Crippen LogP contribution in [0.2, 0.25) is 0 Å². The number of piperidine rings is 1. The maximum absolute atomic E-state index is 12.7. The number of nitrogens with zero attached hydrogens (tertiary/aromatic N) is 2. The maximum atomic E-state index is 12.7. The van der Waals surface area contributed by atoms with Crippen LogP contribution in [-0.2, 0) is 14.8 Å². The quantitative estimate of drug-likeness (QED) is 0.581. The molecule has 0 aliphatic carbocycles. The predicted octanol–water partition coefficient (Wildman–Crippen LogP) is 2.34. The first-order valence-corrected chi connectivity index (χ1v) is 11.8. The van der Waals surface area contributed by atoms with Gasteiger partial charge in [-0.15, -0.1) is 0 Å². The molecular formula is C23H24N4O4S. The third kappa shape index (κ3) is 4.58. The Morgan fingerprint density at radius 3 is 2.12 bits per heavy atom. The Morgan fingerprint density at radius 1 is 0.812 bits per heavy atom. The number of para-hydroxylation sites is 1. The molecule has 4 rings (SSSR count). The average Bonchev–Trinajstić information content (AvgIpc) is 3.38. The van der Waals surface area contributed by atoms with Crippen molar-refractivity contribution in [1.29, 1.82) is 0 Å². The summed E-state index contributed by atoms with van der Waals surface area (Å²) in [5.74, 6) is -1.13. The van der Waals surface area contributed by atoms with Crippen LogP contribution in [0, 0.1) is 5.92 Å². The molecule has 3 aromatic rings. The molecule has 166 valence electrons. The number of nitrogens with one attached hydrogen (secondary N) is 2. The Balaban J connectivity index is 1.33. The van der Waals surface area contributed by atoms with Crippen molar-refractivity contribution in [2.75, 3.05) is 13.1 Å². The van der Waals surface area contributed by atoms with Crippen LogP contribution in [0.5, 0.6) is 0 Å². The normalized spacial score (nSPS) is 15.2. The van der Waals surface area contributed by atoms with Crippen LogP contribution in [-0.4, -0.2) is 42.2 Å². The van der Waals surface area contributed by atoms with Gasteiger partial charge in [0.15, 0.2) is 0 Å². The van der Waals surface area contributed by atoms with Crippen LogP contribution in [0.15, 0.2) is 84.0 Å². The van der Waals surface area contributed by atoms with E-state index < -0.39 is 15.9 Å². The molecule has 0 radical (unpaired) electrons. The standard InChI is InChI=1S/C23H24N4O4S/c28-22(18-12-16-27(17-13-18)32(30,31)19-8-2-1-3-9-19)24-25-23(29)20-10-4-5-11-21(20)26-14-6-7-15-26/h1-11,14-15,18H,12-13,16-17H2,(H,24,28)(H,25,29). The largest absolute Gasteiger partial charge is 0.323 e. The van der Waals surface area contributed by atoms with Gasteiger partial charge in [0.1, 0.15) is 0 Å². The van der Waals surface area contributed by atoms with Crippen molar-refractivity contribution in [3.05, 3.63) is 84.7 Å². The van der Waals surface area contributed by atoms with Gasteiger partial charge in [-0.3, -0.25) is 20.4 Å². The first kappa shape index (κ1) is 21.8. The fraction of sp³-hybridized carbons (Fsp3) is 0.217. The van der Waals surface area contributed by atoms with Crippen molar-refractivity contribution < 1.29 is 18.0 Å². The van der Waals surface area contributed by atoms with Crippen LogP contribution in [0.3, 0.4) is 0 Å². The highest BCUT2D eigenvalue weighted by atomic mass is 32.2. The van der Waals surface area contributed by atoms with E-state index >= 15 is 0 Å². The van der Waals surface area contributed by atoms with Crippen molar-refractivity contribution in [3.8, 4) is 5.69 Å². The van der Waals surface area contributed by atoms with E-state index in [1.54, 1.807) is 42.5 Å². The number of rotatable bonds is 5. The highest BCUT2D eigenvalue weighted by Crippen LogP contribution is 2.23. The van der Waals surface area contributed by atoms with Gasteiger partial charge in [0.05, 0.1) is 16.1 Å². The van der Waals surface area contributed by atoms with Gasteiger partial charge in [0, 0.05) is 31.4 Å². The van der Waals surface area contributed by atoms with Crippen LogP contribution in [0.25, 0.3) is 5.69 Å². The average molecular weight is 453 g/mol. The fourth-order valence-electron chi connectivity index (χ4n) is 3.77. The number of benzene rings is 2. The van der Waals surface area contributed by atoms with E-state index in [2.05, 4.69) is 10.9 Å². The number of carbonyl (C=O) groups is 2. The van der Waals surface area contributed by atoms with Gasteiger partial charge in [-0.05, 0) is 49.2 Å². The molecule has 1 aliphatic heterocycles. The Labute approximate surface area is 186 Å². The summed E-state index contributed by atoms with van der Waals surface area (Å²) in [6, 6.07) is 19.1. The number of aromatic nitrogens is 1. The van der Waals surface area contributed by atoms with Crippen molar-refractivity contribution in [2.24, 2.45) is 5.92 Å². The molecule has 1 aliphatic rings. The lowest BCUT2D eigenvalue weighted by molar-refractivity contribution is -0.126. The Kier molecular flexibility index (Phi) is 6.38. The van der Waals surface area contributed by atoms with Crippen LogP contribution in [0.4, 0.5) is 0 Å². The maximum Gasteiger partial charge on any atom is 0.271 e. The Morgan fingerprint density at radius 2 is 1.44 bits per heavy atom. The lowest BCUT2D eigenvalue weighted by atomic mass is 9.98. The fourth-order valence-corrected chi connectivity index (χ4v) is 5.26. The zero-order chi connectivity index (χ0) is 22.6. The van der Waals surface area contributed by atoms with E-state index in [0.717, 1.165) is 0 Å². The van der Waals surface area contributed by atoms with Crippen LogP contribution < -0.4 is 10.9 Å². The van der Waals surface area contributed by atoms with Crippen molar-refractivity contribution in [2.45, 2.75) is 17.7 Å². The number of carbonyl (C=O) groups excluding carboxylic acids is 2. The summed E-state index contributed by atoms with van der Waals surface area (Å²) in [5.41, 5.74) is 6.10. The second-order valence-corrected chi connectivity index (χ2v) is 9.48. The van der Waals surface area contributed by atoms with Gasteiger partial charge in [-0.1, -0.05) is 30.3 Å². The highest BCUT2D eigenvalue weighted by Gasteiger charge is 2.32. The summed E-state index contributed by atoms with van der Waals surface area (Å²) in [5, 5.41) is 0. The molecule has 0 bridgehead atoms. The van der Waals surface area contributed by atoms with Crippen molar-refractivity contribution in [1.82, 2.24) is 19.7 Å². The van der Waals surface area contributed by atoms with Gasteiger partial charge in [-0.2, -0.15) is 4.31 Å². The van der Waals surface area contributed by atoms with E-state index in [1.165, 1.54) is 4.31 Å². The van der Waals surface area contributed by atoms with E-state index in [4.69, 9.17) is 0 Å². The molecule has 32 heavy (non-hydrogen) atoms. The molecular weight excluding hydrogens is 428 g/mol. The van der Waals surface area contributed by atoms with E-state index in [-0.39, 0.29) is 29.8 Å². The predicted molar refractivity (Wildman–Crippen MR) is 119 cm³/mol. The zero-order valence-electron chi connectivity index (χ0n) is 17.3. The monoisotopic (exact) mass is 452 g/mol. The van der Waals surface area contributed by atoms with E-state index in [9.17, 15) is 18.0 Å². The van der Waals surface area contributed by atoms with Gasteiger partial charge in [0.25, 0.3) is 5.91 Å². The summed E-state index contributed by atoms with van der Waals surface area (Å²) >= 11 is 0. The van der Waals surface area contributed by atoms with Crippen LogP contribution >= 0.6 is 0 Å². The summed E-state index contributed by atoms with van der Waals surface area (Å²) in [4.78, 5) is 25.5. The van der Waals surface area contributed by atoms with Crippen molar-refractivity contribution >= 4 is 21.8 Å². The van der Waals surface area contributed by atoms with Gasteiger partial charge < -0.3 is 4.57 Å². The molecule has 9 heteroatoms. The minimum absolute atomic E-state index is 0.247. The lowest BCUT2D eigenvalue weighted by Gasteiger charge is -2.30. The van der Waals surface area contributed by atoms with E-state index in [0.29, 0.717) is 24.1 Å². The first-order valence-electron chi connectivity index (χ1n) is 10.3. The number of amides is 2. The molecule has 8 nitrogen and oxygen atoms in total. The first-order chi connectivity index (χ1) is 15.5. The summed E-state index contributed by atoms with van der Waals surface area (Å²) in [6.07, 6.45) is 4.44. The summed E-state index contributed by atoms with van der Waals surface area (Å²) in [7, 11) is -3.57. The molecule has 2 N–H and O–H groups in total. The van der Waals surface area contributed by atoms with Gasteiger partial charge >= 0.3 is 0 Å². The second-order valence-electron chi connectivity index (χ2n) is 7.54. The number of hydrazine groups is 1. The topological polar surface area (TPSA) is 101 Å². The minimum atomic E-state index is -3.57. The zero-order valence-corrected chi connectivity index (χ0v) is 18.2. The molecule has 2 heterocycles. The number of sulfonamides is 1. The molecule has 0 unspecified atom stereocenters. The van der Waals surface area contributed by atoms with Crippen molar-refractivity contribution in [3.63, 3.8) is 0 Å². The molecule has 2 aromatic carbocycles. The second kappa shape index (κ2) is 9.37. The third-order valence-corrected chi connectivity index (χ3v) is 7.45. The molecule has 1 saturated heterocycles. The van der Waals surface area contributed by atoms with Crippen LogP contribution in [0.1, 0.15) is 23.2 Å². The number of hydrogen-bond donors (Lipinski definition) is 2. The lowest BCUT2D eigenvalue weighted by Crippen LogP contribution is -2.48. The number of hydrogen-bond acceptors (Lipinski definition) is 4. The summed E-state index contributed by atoms with van der Waals surface area (Å²) < 4.78 is 28.7. The molecule has 2 amide bonds. The molecule has 0 spiro atoms. The third-order valence-electron chi connectivity index (χ3n) is 5.54. The van der Waals surface area contributed by atoms with E-state index in [1.807, 2.05) is 41.2 Å². The highest BCUT2D eigenvalue weighted by molar-refractivity contribution is 7.89. The van der Waals surface area contributed by atoms with Gasteiger partial charge in [-0.25, -0.2) is 8.42 Å². The molecule has 0 saturated carbocycles. The SMILES string of the molecule is O=C(NNC(=O)C1CCN(S(=O)(=O)c2ccccc2)CC1)c1ccccc1-n1cccc1. The summed E-state index contributed by atoms with van der Waals surface area (Å²) in [6.45, 7) is 0.499. The Bertz CT molecular complexity index is 1190. The Hall–Kier alpha value is -3.43.